The highest BCUT2D eigenvalue weighted by atomic mass is 16.2. The van der Waals surface area contributed by atoms with E-state index in [0.717, 1.165) is 0 Å². The van der Waals surface area contributed by atoms with E-state index in [-0.39, 0.29) is 11.8 Å². The zero-order valence-corrected chi connectivity index (χ0v) is 11.1. The van der Waals surface area contributed by atoms with Gasteiger partial charge in [-0.1, -0.05) is 23.4 Å². The molecule has 1 aromatic heterocycles. The summed E-state index contributed by atoms with van der Waals surface area (Å²) in [5.41, 5.74) is 2.66. The van der Waals surface area contributed by atoms with Gasteiger partial charge in [0.15, 0.2) is 0 Å². The summed E-state index contributed by atoms with van der Waals surface area (Å²) >= 11 is 0. The first-order valence-corrected chi connectivity index (χ1v) is 6.44. The Bertz CT molecular complexity index is 878. The van der Waals surface area contributed by atoms with Gasteiger partial charge in [0.05, 0.1) is 16.8 Å². The van der Waals surface area contributed by atoms with Crippen LogP contribution < -0.4 is 4.90 Å². The molecule has 0 unspecified atom stereocenters. The Labute approximate surface area is 119 Å². The Kier molecular flexibility index (Phi) is 2.24. The minimum Gasteiger partial charge on any atom is -0.268 e. The monoisotopic (exact) mass is 278 g/mol. The molecule has 21 heavy (non-hydrogen) atoms. The smallest absolute Gasteiger partial charge is 0.266 e. The number of amides is 2. The summed E-state index contributed by atoms with van der Waals surface area (Å²) in [6, 6.07) is 12.1. The molecular weight excluding hydrogens is 268 g/mol. The van der Waals surface area contributed by atoms with Crippen molar-refractivity contribution in [1.29, 1.82) is 0 Å². The molecule has 0 bridgehead atoms. The Morgan fingerprint density at radius 2 is 1.57 bits per heavy atom. The maximum absolute atomic E-state index is 12.5. The van der Waals surface area contributed by atoms with Crippen LogP contribution in [-0.2, 0) is 7.05 Å². The van der Waals surface area contributed by atoms with Gasteiger partial charge in [0.2, 0.25) is 0 Å². The number of nitrogens with zero attached hydrogens (tertiary/aromatic N) is 4. The highest BCUT2D eigenvalue weighted by Crippen LogP contribution is 2.32. The van der Waals surface area contributed by atoms with Gasteiger partial charge in [-0.2, -0.15) is 0 Å². The number of fused-ring (bicyclic) bond motifs is 2. The average molecular weight is 278 g/mol. The van der Waals surface area contributed by atoms with Crippen molar-refractivity contribution in [2.45, 2.75) is 0 Å². The molecule has 0 radical (unpaired) electrons. The van der Waals surface area contributed by atoms with Gasteiger partial charge in [0.25, 0.3) is 11.8 Å². The van der Waals surface area contributed by atoms with Crippen LogP contribution in [0.15, 0.2) is 42.5 Å². The second kappa shape index (κ2) is 3.99. The molecule has 0 saturated heterocycles. The molecule has 6 nitrogen and oxygen atoms in total. The molecule has 2 aromatic carbocycles. The predicted molar refractivity (Wildman–Crippen MR) is 76.1 cm³/mol. The minimum atomic E-state index is -0.315. The number of hydrogen-bond acceptors (Lipinski definition) is 4. The number of aryl methyl sites for hydroxylation is 1. The predicted octanol–water partition coefficient (Wildman–Crippen LogP) is 1.77. The van der Waals surface area contributed by atoms with Gasteiger partial charge < -0.3 is 0 Å². The fraction of sp³-hybridized carbons (Fsp3) is 0.0667. The molecule has 2 heterocycles. The summed E-state index contributed by atoms with van der Waals surface area (Å²) in [4.78, 5) is 26.3. The van der Waals surface area contributed by atoms with Crippen molar-refractivity contribution in [1.82, 2.24) is 15.0 Å². The average Bonchev–Trinajstić information content (AvgIpc) is 3.00. The minimum absolute atomic E-state index is 0.315. The topological polar surface area (TPSA) is 68.1 Å². The molecule has 0 saturated carbocycles. The first-order chi connectivity index (χ1) is 10.2. The number of rotatable bonds is 1. The summed E-state index contributed by atoms with van der Waals surface area (Å²) in [5, 5.41) is 7.96. The van der Waals surface area contributed by atoms with E-state index in [4.69, 9.17) is 0 Å². The molecule has 3 aromatic rings. The second-order valence-electron chi connectivity index (χ2n) is 4.85. The van der Waals surface area contributed by atoms with Crippen LogP contribution in [0.5, 0.6) is 0 Å². The van der Waals surface area contributed by atoms with E-state index in [1.807, 2.05) is 0 Å². The molecule has 4 rings (SSSR count). The maximum atomic E-state index is 12.5. The van der Waals surface area contributed by atoms with Gasteiger partial charge in [-0.15, -0.1) is 5.10 Å². The lowest BCUT2D eigenvalue weighted by Crippen LogP contribution is -2.29. The molecule has 0 atom stereocenters. The van der Waals surface area contributed by atoms with Gasteiger partial charge in [-0.05, 0) is 24.3 Å². The molecule has 0 aliphatic carbocycles. The molecule has 1 aliphatic heterocycles. The third-order valence-corrected chi connectivity index (χ3v) is 3.64. The van der Waals surface area contributed by atoms with Crippen molar-refractivity contribution in [3.63, 3.8) is 0 Å². The summed E-state index contributed by atoms with van der Waals surface area (Å²) in [6.07, 6.45) is 0. The first kappa shape index (κ1) is 11.8. The first-order valence-electron chi connectivity index (χ1n) is 6.44. The van der Waals surface area contributed by atoms with E-state index in [9.17, 15) is 9.59 Å². The van der Waals surface area contributed by atoms with Gasteiger partial charge in [-0.3, -0.25) is 9.59 Å². The van der Waals surface area contributed by atoms with Crippen molar-refractivity contribution in [2.24, 2.45) is 7.05 Å². The molecule has 1 aliphatic rings. The van der Waals surface area contributed by atoms with Crippen LogP contribution in [0, 0.1) is 0 Å². The number of benzene rings is 2. The Balaban J connectivity index is 1.97. The summed E-state index contributed by atoms with van der Waals surface area (Å²) < 4.78 is 1.56. The third kappa shape index (κ3) is 1.47. The number of imide groups is 1. The largest absolute Gasteiger partial charge is 0.268 e. The van der Waals surface area contributed by atoms with Crippen LogP contribution in [0.4, 0.5) is 5.69 Å². The highest BCUT2D eigenvalue weighted by Gasteiger charge is 2.37. The molecule has 0 N–H and O–H groups in total. The zero-order valence-electron chi connectivity index (χ0n) is 11.1. The van der Waals surface area contributed by atoms with E-state index in [1.54, 1.807) is 54.2 Å². The lowest BCUT2D eigenvalue weighted by molar-refractivity contribution is 0.0926. The van der Waals surface area contributed by atoms with Crippen LogP contribution in [0.3, 0.4) is 0 Å². The Hall–Kier alpha value is -3.02. The molecule has 102 valence electrons. The van der Waals surface area contributed by atoms with Crippen molar-refractivity contribution >= 4 is 28.5 Å². The van der Waals surface area contributed by atoms with Crippen molar-refractivity contribution in [3.05, 3.63) is 53.6 Å². The fourth-order valence-electron chi connectivity index (χ4n) is 2.68. The van der Waals surface area contributed by atoms with Crippen molar-refractivity contribution in [3.8, 4) is 0 Å². The van der Waals surface area contributed by atoms with Gasteiger partial charge in [0.1, 0.15) is 11.0 Å². The van der Waals surface area contributed by atoms with Crippen molar-refractivity contribution < 1.29 is 9.59 Å². The molecular formula is C15H10N4O2. The van der Waals surface area contributed by atoms with E-state index in [2.05, 4.69) is 10.3 Å². The SMILES string of the molecule is Cn1nnc2cccc(N3C(=O)c4ccccc4C3=O)c21. The second-order valence-corrected chi connectivity index (χ2v) is 4.85. The summed E-state index contributed by atoms with van der Waals surface area (Å²) in [7, 11) is 1.73. The highest BCUT2D eigenvalue weighted by molar-refractivity contribution is 6.35. The van der Waals surface area contributed by atoms with E-state index in [1.165, 1.54) is 4.90 Å². The Morgan fingerprint density at radius 1 is 0.905 bits per heavy atom. The number of anilines is 1. The van der Waals surface area contributed by atoms with Gasteiger partial charge in [-0.25, -0.2) is 9.58 Å². The third-order valence-electron chi connectivity index (χ3n) is 3.64. The van der Waals surface area contributed by atoms with Crippen LogP contribution in [0.25, 0.3) is 11.0 Å². The summed E-state index contributed by atoms with van der Waals surface area (Å²) in [5.74, 6) is -0.631. The normalized spacial score (nSPS) is 14.0. The van der Waals surface area contributed by atoms with Crippen LogP contribution in [0.1, 0.15) is 20.7 Å². The lowest BCUT2D eigenvalue weighted by Gasteiger charge is -2.15. The molecule has 2 amide bonds. The standard InChI is InChI=1S/C15H10N4O2/c1-18-13-11(16-17-18)7-4-8-12(13)19-14(20)9-5-2-3-6-10(9)15(19)21/h2-8H,1H3. The van der Waals surface area contributed by atoms with E-state index >= 15 is 0 Å². The number of hydrogen-bond donors (Lipinski definition) is 0. The van der Waals surface area contributed by atoms with Crippen LogP contribution >= 0.6 is 0 Å². The molecule has 6 heteroatoms. The van der Waals surface area contributed by atoms with Crippen molar-refractivity contribution in [2.75, 3.05) is 4.90 Å². The number of carbonyl (C=O) groups is 2. The van der Waals surface area contributed by atoms with Crippen LogP contribution in [0.2, 0.25) is 0 Å². The quantitative estimate of drug-likeness (QED) is 0.636. The lowest BCUT2D eigenvalue weighted by atomic mass is 10.1. The number of para-hydroxylation sites is 1. The Morgan fingerprint density at radius 3 is 2.24 bits per heavy atom. The van der Waals surface area contributed by atoms with Gasteiger partial charge in [0, 0.05) is 7.05 Å². The fourth-order valence-corrected chi connectivity index (χ4v) is 2.68. The van der Waals surface area contributed by atoms with E-state index in [0.29, 0.717) is 27.8 Å². The van der Waals surface area contributed by atoms with Gasteiger partial charge >= 0.3 is 0 Å². The number of aromatic nitrogens is 3. The molecule has 0 fully saturated rings. The zero-order chi connectivity index (χ0) is 14.6. The molecule has 0 spiro atoms. The maximum Gasteiger partial charge on any atom is 0.266 e. The van der Waals surface area contributed by atoms with E-state index < -0.39 is 0 Å². The van der Waals surface area contributed by atoms with Crippen LogP contribution in [-0.4, -0.2) is 26.8 Å². The number of carbonyl (C=O) groups excluding carboxylic acids is 2. The summed E-state index contributed by atoms with van der Waals surface area (Å²) in [6.45, 7) is 0.